The summed E-state index contributed by atoms with van der Waals surface area (Å²) >= 11 is 0. The number of ether oxygens (including phenoxy) is 1. The van der Waals surface area contributed by atoms with Gasteiger partial charge in [-0.25, -0.2) is 4.79 Å². The van der Waals surface area contributed by atoms with E-state index in [0.29, 0.717) is 19.4 Å². The van der Waals surface area contributed by atoms with Gasteiger partial charge in [0.05, 0.1) is 0 Å². The molecule has 0 unspecified atom stereocenters. The maximum atomic E-state index is 12.2. The summed E-state index contributed by atoms with van der Waals surface area (Å²) < 4.78 is 5.31. The molecule has 1 fully saturated rings. The smallest absolute Gasteiger partial charge is 0.329 e. The van der Waals surface area contributed by atoms with Crippen molar-refractivity contribution in [3.05, 3.63) is 23.5 Å². The molecular formula is C14H19NO4. The quantitative estimate of drug-likeness (QED) is 0.815. The minimum atomic E-state index is -1.13. The molecule has 0 bridgehead atoms. The summed E-state index contributed by atoms with van der Waals surface area (Å²) in [5.74, 6) is -1.15. The van der Waals surface area contributed by atoms with Crippen molar-refractivity contribution in [2.24, 2.45) is 0 Å². The summed E-state index contributed by atoms with van der Waals surface area (Å²) in [4.78, 5) is 23.7. The fourth-order valence-corrected chi connectivity index (χ4v) is 2.61. The number of carboxylic acid groups (broad SMARTS) is 1. The van der Waals surface area contributed by atoms with Gasteiger partial charge in [0.1, 0.15) is 12.1 Å². The fraction of sp³-hybridized carbons (Fsp3) is 0.571. The summed E-state index contributed by atoms with van der Waals surface area (Å²) in [6.07, 6.45) is 7.27. The van der Waals surface area contributed by atoms with Crippen LogP contribution in [0.25, 0.3) is 0 Å². The van der Waals surface area contributed by atoms with Gasteiger partial charge in [-0.05, 0) is 31.4 Å². The first-order chi connectivity index (χ1) is 9.05. The van der Waals surface area contributed by atoms with Crippen molar-refractivity contribution in [3.63, 3.8) is 0 Å². The summed E-state index contributed by atoms with van der Waals surface area (Å²) in [6.45, 7) is 2.12. The Labute approximate surface area is 112 Å². The lowest BCUT2D eigenvalue weighted by atomic mass is 9.81. The Morgan fingerprint density at radius 2 is 2.00 bits per heavy atom. The van der Waals surface area contributed by atoms with Gasteiger partial charge < -0.3 is 15.2 Å². The molecule has 19 heavy (non-hydrogen) atoms. The Balaban J connectivity index is 2.16. The van der Waals surface area contributed by atoms with Crippen LogP contribution in [-0.2, 0) is 14.3 Å². The predicted molar refractivity (Wildman–Crippen MR) is 69.4 cm³/mol. The minimum Gasteiger partial charge on any atom is -0.484 e. The number of aliphatic carboxylic acids is 1. The predicted octanol–water partition coefficient (Wildman–Crippen LogP) is 1.75. The summed E-state index contributed by atoms with van der Waals surface area (Å²) in [7, 11) is 0. The molecule has 0 atom stereocenters. The van der Waals surface area contributed by atoms with Crippen LogP contribution in [0.15, 0.2) is 23.5 Å². The van der Waals surface area contributed by atoms with Gasteiger partial charge in [0.25, 0.3) is 5.91 Å². The topological polar surface area (TPSA) is 75.6 Å². The minimum absolute atomic E-state index is 0.230. The molecule has 1 saturated carbocycles. The third-order valence-electron chi connectivity index (χ3n) is 3.73. The van der Waals surface area contributed by atoms with Gasteiger partial charge in [-0.2, -0.15) is 0 Å². The molecule has 1 heterocycles. The lowest BCUT2D eigenvalue weighted by Crippen LogP contribution is -2.56. The van der Waals surface area contributed by atoms with Crippen LogP contribution in [0.1, 0.15) is 39.0 Å². The number of allylic oxidation sites excluding steroid dienone is 2. The van der Waals surface area contributed by atoms with Crippen LogP contribution in [-0.4, -0.2) is 29.1 Å². The number of amides is 1. The highest BCUT2D eigenvalue weighted by Crippen LogP contribution is 2.29. The number of nitrogens with one attached hydrogen (secondary N) is 1. The summed E-state index contributed by atoms with van der Waals surface area (Å²) in [5.41, 5.74) is -0.409. The first-order valence-corrected chi connectivity index (χ1v) is 6.61. The Morgan fingerprint density at radius 1 is 1.32 bits per heavy atom. The monoisotopic (exact) mass is 265 g/mol. The molecule has 104 valence electrons. The van der Waals surface area contributed by atoms with E-state index in [1.165, 1.54) is 0 Å². The summed E-state index contributed by atoms with van der Waals surface area (Å²) in [5, 5.41) is 12.1. The molecule has 5 heteroatoms. The molecule has 0 saturated heterocycles. The Morgan fingerprint density at radius 3 is 2.58 bits per heavy atom. The van der Waals surface area contributed by atoms with Gasteiger partial charge >= 0.3 is 5.97 Å². The van der Waals surface area contributed by atoms with Crippen molar-refractivity contribution >= 4 is 11.9 Å². The van der Waals surface area contributed by atoms with E-state index in [4.69, 9.17) is 4.74 Å². The SMILES string of the molecule is CC1=C(C(=O)NC2(C(=O)O)CCCCC2)OCC=C1. The number of carbonyl (C=O) groups excluding carboxylic acids is 1. The number of carbonyl (C=O) groups is 2. The largest absolute Gasteiger partial charge is 0.484 e. The standard InChI is InChI=1S/C14H19NO4/c1-10-6-5-9-19-11(10)12(16)15-14(13(17)18)7-3-2-4-8-14/h5-6H,2-4,7-9H2,1H3,(H,15,16)(H,17,18). The van der Waals surface area contributed by atoms with E-state index in [1.807, 2.05) is 12.2 Å². The maximum absolute atomic E-state index is 12.2. The van der Waals surface area contributed by atoms with Crippen LogP contribution in [0.3, 0.4) is 0 Å². The van der Waals surface area contributed by atoms with Crippen LogP contribution in [0.2, 0.25) is 0 Å². The molecule has 1 aliphatic carbocycles. The Hall–Kier alpha value is -1.78. The third kappa shape index (κ3) is 2.80. The molecule has 0 aromatic heterocycles. The van der Waals surface area contributed by atoms with Crippen LogP contribution in [0.4, 0.5) is 0 Å². The van der Waals surface area contributed by atoms with E-state index in [1.54, 1.807) is 6.92 Å². The van der Waals surface area contributed by atoms with Gasteiger partial charge in [0.15, 0.2) is 5.76 Å². The highest BCUT2D eigenvalue weighted by atomic mass is 16.5. The number of rotatable bonds is 3. The molecule has 0 aromatic carbocycles. The van der Waals surface area contributed by atoms with Gasteiger partial charge in [0.2, 0.25) is 0 Å². The number of carboxylic acids is 1. The third-order valence-corrected chi connectivity index (χ3v) is 3.73. The first kappa shape index (κ1) is 13.6. The van der Waals surface area contributed by atoms with E-state index in [0.717, 1.165) is 24.8 Å². The van der Waals surface area contributed by atoms with Crippen molar-refractivity contribution < 1.29 is 19.4 Å². The Kier molecular flexibility index (Phi) is 3.93. The van der Waals surface area contributed by atoms with Crippen molar-refractivity contribution in [1.82, 2.24) is 5.32 Å². The van der Waals surface area contributed by atoms with Crippen molar-refractivity contribution in [2.75, 3.05) is 6.61 Å². The van der Waals surface area contributed by atoms with Crippen LogP contribution in [0, 0.1) is 0 Å². The van der Waals surface area contributed by atoms with Crippen LogP contribution < -0.4 is 5.32 Å². The van der Waals surface area contributed by atoms with E-state index in [2.05, 4.69) is 5.32 Å². The lowest BCUT2D eigenvalue weighted by Gasteiger charge is -2.34. The van der Waals surface area contributed by atoms with E-state index in [9.17, 15) is 14.7 Å². The lowest BCUT2D eigenvalue weighted by molar-refractivity contribution is -0.149. The zero-order valence-electron chi connectivity index (χ0n) is 11.1. The molecule has 2 N–H and O–H groups in total. The summed E-state index contributed by atoms with van der Waals surface area (Å²) in [6, 6.07) is 0. The highest BCUT2D eigenvalue weighted by molar-refractivity contribution is 5.96. The Bertz CT molecular complexity index is 444. The van der Waals surface area contributed by atoms with Gasteiger partial charge in [-0.3, -0.25) is 4.79 Å². The zero-order chi connectivity index (χ0) is 13.9. The second kappa shape index (κ2) is 5.47. The molecule has 1 amide bonds. The number of hydrogen-bond donors (Lipinski definition) is 2. The molecule has 2 rings (SSSR count). The molecule has 2 aliphatic rings. The fourth-order valence-electron chi connectivity index (χ4n) is 2.61. The van der Waals surface area contributed by atoms with Crippen molar-refractivity contribution in [2.45, 2.75) is 44.6 Å². The first-order valence-electron chi connectivity index (χ1n) is 6.61. The van der Waals surface area contributed by atoms with Gasteiger partial charge in [-0.1, -0.05) is 25.3 Å². The van der Waals surface area contributed by atoms with Gasteiger partial charge in [-0.15, -0.1) is 0 Å². The second-order valence-electron chi connectivity index (χ2n) is 5.13. The van der Waals surface area contributed by atoms with E-state index in [-0.39, 0.29) is 5.76 Å². The normalized spacial score (nSPS) is 21.7. The maximum Gasteiger partial charge on any atom is 0.329 e. The molecule has 0 aromatic rings. The van der Waals surface area contributed by atoms with Crippen molar-refractivity contribution in [1.29, 1.82) is 0 Å². The molecule has 1 aliphatic heterocycles. The van der Waals surface area contributed by atoms with Gasteiger partial charge in [0, 0.05) is 0 Å². The highest BCUT2D eigenvalue weighted by Gasteiger charge is 2.41. The van der Waals surface area contributed by atoms with Crippen LogP contribution in [0.5, 0.6) is 0 Å². The van der Waals surface area contributed by atoms with Crippen molar-refractivity contribution in [3.8, 4) is 0 Å². The average Bonchev–Trinajstić information content (AvgIpc) is 2.40. The molecule has 0 spiro atoms. The molecular weight excluding hydrogens is 246 g/mol. The molecule has 5 nitrogen and oxygen atoms in total. The van der Waals surface area contributed by atoms with Crippen LogP contribution >= 0.6 is 0 Å². The average molecular weight is 265 g/mol. The molecule has 0 radical (unpaired) electrons. The number of hydrogen-bond acceptors (Lipinski definition) is 3. The van der Waals surface area contributed by atoms with E-state index < -0.39 is 17.4 Å². The second-order valence-corrected chi connectivity index (χ2v) is 5.13. The van der Waals surface area contributed by atoms with E-state index >= 15 is 0 Å². The zero-order valence-corrected chi connectivity index (χ0v) is 11.1.